The standard InChI is InChI=1S/C12H10BrN3O3/c1-6-2-3-7(4-9(6)13)15-10(17)8-5-14-12(19)16-11(8)18/h2-5H,1H3,(H,15,17)(H2,14,16,18,19). The Labute approximate surface area is 116 Å². The number of aromatic nitrogens is 2. The molecule has 0 saturated carbocycles. The Kier molecular flexibility index (Phi) is 3.66. The zero-order valence-corrected chi connectivity index (χ0v) is 11.5. The quantitative estimate of drug-likeness (QED) is 0.779. The topological polar surface area (TPSA) is 94.8 Å². The van der Waals surface area contributed by atoms with Crippen LogP contribution in [0.3, 0.4) is 0 Å². The van der Waals surface area contributed by atoms with Gasteiger partial charge in [0.2, 0.25) is 0 Å². The van der Waals surface area contributed by atoms with Gasteiger partial charge in [-0.25, -0.2) is 4.79 Å². The summed E-state index contributed by atoms with van der Waals surface area (Å²) in [4.78, 5) is 38.4. The van der Waals surface area contributed by atoms with Crippen LogP contribution in [0.15, 0.2) is 38.5 Å². The summed E-state index contributed by atoms with van der Waals surface area (Å²) in [6.07, 6.45) is 1.08. The molecule has 1 amide bonds. The summed E-state index contributed by atoms with van der Waals surface area (Å²) in [6, 6.07) is 5.28. The lowest BCUT2D eigenvalue weighted by Crippen LogP contribution is -2.29. The number of carbonyl (C=O) groups excluding carboxylic acids is 1. The molecule has 0 aliphatic heterocycles. The van der Waals surface area contributed by atoms with Gasteiger partial charge in [-0.05, 0) is 24.6 Å². The molecule has 7 heteroatoms. The first-order valence-electron chi connectivity index (χ1n) is 5.37. The predicted molar refractivity (Wildman–Crippen MR) is 74.5 cm³/mol. The molecule has 0 unspecified atom stereocenters. The van der Waals surface area contributed by atoms with Crippen molar-refractivity contribution in [2.45, 2.75) is 6.92 Å². The van der Waals surface area contributed by atoms with E-state index in [1.165, 1.54) is 0 Å². The number of halogens is 1. The summed E-state index contributed by atoms with van der Waals surface area (Å²) in [5.41, 5.74) is 0.0383. The van der Waals surface area contributed by atoms with Crippen LogP contribution in [0.2, 0.25) is 0 Å². The second-order valence-corrected chi connectivity index (χ2v) is 4.76. The Morgan fingerprint density at radius 1 is 1.32 bits per heavy atom. The summed E-state index contributed by atoms with van der Waals surface area (Å²) in [5, 5.41) is 2.58. The van der Waals surface area contributed by atoms with Crippen molar-refractivity contribution in [3.05, 3.63) is 60.8 Å². The van der Waals surface area contributed by atoms with Crippen molar-refractivity contribution < 1.29 is 4.79 Å². The summed E-state index contributed by atoms with van der Waals surface area (Å²) in [6.45, 7) is 1.92. The van der Waals surface area contributed by atoms with E-state index in [4.69, 9.17) is 0 Å². The largest absolute Gasteiger partial charge is 0.325 e. The van der Waals surface area contributed by atoms with Gasteiger partial charge in [-0.15, -0.1) is 0 Å². The van der Waals surface area contributed by atoms with Crippen LogP contribution < -0.4 is 16.6 Å². The molecule has 0 fully saturated rings. The smallest absolute Gasteiger partial charge is 0.322 e. The van der Waals surface area contributed by atoms with Crippen molar-refractivity contribution in [2.24, 2.45) is 0 Å². The molecule has 0 spiro atoms. The molecule has 0 saturated heterocycles. The molecular weight excluding hydrogens is 314 g/mol. The minimum absolute atomic E-state index is 0.156. The lowest BCUT2D eigenvalue weighted by atomic mass is 10.2. The Balaban J connectivity index is 2.28. The van der Waals surface area contributed by atoms with Gasteiger partial charge in [0.25, 0.3) is 11.5 Å². The van der Waals surface area contributed by atoms with Gasteiger partial charge in [-0.3, -0.25) is 14.6 Å². The highest BCUT2D eigenvalue weighted by molar-refractivity contribution is 9.10. The second-order valence-electron chi connectivity index (χ2n) is 3.90. The highest BCUT2D eigenvalue weighted by Gasteiger charge is 2.11. The van der Waals surface area contributed by atoms with Crippen molar-refractivity contribution in [3.63, 3.8) is 0 Å². The van der Waals surface area contributed by atoms with Gasteiger partial charge in [-0.1, -0.05) is 22.0 Å². The van der Waals surface area contributed by atoms with E-state index < -0.39 is 17.2 Å². The van der Waals surface area contributed by atoms with Gasteiger partial charge in [0.05, 0.1) is 0 Å². The number of anilines is 1. The molecule has 0 radical (unpaired) electrons. The van der Waals surface area contributed by atoms with Crippen LogP contribution in [0.5, 0.6) is 0 Å². The van der Waals surface area contributed by atoms with E-state index in [0.29, 0.717) is 5.69 Å². The average Bonchev–Trinajstić information content (AvgIpc) is 2.33. The minimum atomic E-state index is -0.729. The molecular formula is C12H10BrN3O3. The molecule has 19 heavy (non-hydrogen) atoms. The van der Waals surface area contributed by atoms with Crippen LogP contribution in [0.25, 0.3) is 0 Å². The number of H-pyrrole nitrogens is 2. The van der Waals surface area contributed by atoms with E-state index in [9.17, 15) is 14.4 Å². The molecule has 98 valence electrons. The van der Waals surface area contributed by atoms with E-state index in [1.807, 2.05) is 18.0 Å². The van der Waals surface area contributed by atoms with Crippen molar-refractivity contribution in [1.29, 1.82) is 0 Å². The summed E-state index contributed by atoms with van der Waals surface area (Å²) < 4.78 is 0.848. The van der Waals surface area contributed by atoms with Crippen LogP contribution in [0.4, 0.5) is 5.69 Å². The van der Waals surface area contributed by atoms with E-state index >= 15 is 0 Å². The van der Waals surface area contributed by atoms with Crippen molar-refractivity contribution in [2.75, 3.05) is 5.32 Å². The molecule has 1 aromatic carbocycles. The van der Waals surface area contributed by atoms with Crippen LogP contribution in [-0.4, -0.2) is 15.9 Å². The molecule has 2 aromatic rings. The Morgan fingerprint density at radius 2 is 2.05 bits per heavy atom. The summed E-state index contributed by atoms with van der Waals surface area (Å²) in [7, 11) is 0. The third kappa shape index (κ3) is 3.00. The number of hydrogen-bond donors (Lipinski definition) is 3. The number of amides is 1. The molecule has 0 atom stereocenters. The monoisotopic (exact) mass is 323 g/mol. The lowest BCUT2D eigenvalue weighted by Gasteiger charge is -2.06. The van der Waals surface area contributed by atoms with Crippen LogP contribution >= 0.6 is 15.9 Å². The highest BCUT2D eigenvalue weighted by Crippen LogP contribution is 2.20. The number of carbonyl (C=O) groups is 1. The van der Waals surface area contributed by atoms with Gasteiger partial charge < -0.3 is 10.3 Å². The number of rotatable bonds is 2. The minimum Gasteiger partial charge on any atom is -0.322 e. The first-order chi connectivity index (χ1) is 8.97. The van der Waals surface area contributed by atoms with Gasteiger partial charge in [0, 0.05) is 16.4 Å². The highest BCUT2D eigenvalue weighted by atomic mass is 79.9. The number of hydrogen-bond acceptors (Lipinski definition) is 3. The molecule has 0 bridgehead atoms. The van der Waals surface area contributed by atoms with E-state index in [2.05, 4.69) is 26.2 Å². The third-order valence-corrected chi connectivity index (χ3v) is 3.35. The van der Waals surface area contributed by atoms with Crippen molar-refractivity contribution in [1.82, 2.24) is 9.97 Å². The molecule has 1 heterocycles. The predicted octanol–water partition coefficient (Wildman–Crippen LogP) is 1.39. The summed E-state index contributed by atoms with van der Waals surface area (Å²) in [5.74, 6) is -0.590. The van der Waals surface area contributed by atoms with Crippen molar-refractivity contribution in [3.8, 4) is 0 Å². The van der Waals surface area contributed by atoms with Crippen LogP contribution in [0, 0.1) is 6.92 Å². The maximum Gasteiger partial charge on any atom is 0.325 e. The maximum atomic E-state index is 11.9. The van der Waals surface area contributed by atoms with Gasteiger partial charge in [-0.2, -0.15) is 0 Å². The van der Waals surface area contributed by atoms with Gasteiger partial charge in [0.15, 0.2) is 0 Å². The van der Waals surface area contributed by atoms with Gasteiger partial charge >= 0.3 is 5.69 Å². The van der Waals surface area contributed by atoms with E-state index in [0.717, 1.165) is 16.2 Å². The SMILES string of the molecule is Cc1ccc(NC(=O)c2c[nH]c(=O)[nH]c2=O)cc1Br. The summed E-state index contributed by atoms with van der Waals surface area (Å²) >= 11 is 3.35. The number of nitrogens with one attached hydrogen (secondary N) is 3. The fraction of sp³-hybridized carbons (Fsp3) is 0.0833. The fourth-order valence-electron chi connectivity index (χ4n) is 1.45. The Morgan fingerprint density at radius 3 is 2.68 bits per heavy atom. The fourth-order valence-corrected chi connectivity index (χ4v) is 1.83. The molecule has 0 aliphatic rings. The number of benzene rings is 1. The van der Waals surface area contributed by atoms with Crippen molar-refractivity contribution >= 4 is 27.5 Å². The molecule has 0 aliphatic carbocycles. The van der Waals surface area contributed by atoms with Crippen LogP contribution in [-0.2, 0) is 0 Å². The third-order valence-electron chi connectivity index (χ3n) is 2.49. The Hall–Kier alpha value is -2.15. The Bertz CT molecular complexity index is 748. The first kappa shape index (κ1) is 13.3. The number of aryl methyl sites for hydroxylation is 1. The first-order valence-corrected chi connectivity index (χ1v) is 6.16. The molecule has 2 rings (SSSR count). The molecule has 3 N–H and O–H groups in total. The number of aromatic amines is 2. The van der Waals surface area contributed by atoms with E-state index in [-0.39, 0.29) is 5.56 Å². The molecule has 1 aromatic heterocycles. The van der Waals surface area contributed by atoms with E-state index in [1.54, 1.807) is 12.1 Å². The van der Waals surface area contributed by atoms with Crippen LogP contribution in [0.1, 0.15) is 15.9 Å². The average molecular weight is 324 g/mol. The zero-order valence-electron chi connectivity index (χ0n) is 9.91. The zero-order chi connectivity index (χ0) is 14.0. The lowest BCUT2D eigenvalue weighted by molar-refractivity contribution is 0.102. The maximum absolute atomic E-state index is 11.9. The molecule has 6 nitrogen and oxygen atoms in total. The second kappa shape index (κ2) is 5.23. The van der Waals surface area contributed by atoms with Gasteiger partial charge in [0.1, 0.15) is 5.56 Å². The normalized spacial score (nSPS) is 10.2.